The number of anilines is 3. The molecule has 1 fully saturated rings. The zero-order chi connectivity index (χ0) is 24.0. The van der Waals surface area contributed by atoms with Gasteiger partial charge in [0.2, 0.25) is 0 Å². The second-order valence-electron chi connectivity index (χ2n) is 8.07. The molecule has 10 heteroatoms. The molecule has 0 radical (unpaired) electrons. The number of piperazine rings is 1. The molecule has 4 heterocycles. The average molecular weight is 509 g/mol. The van der Waals surface area contributed by atoms with E-state index in [4.69, 9.17) is 23.1 Å². The third-order valence-corrected chi connectivity index (χ3v) is 8.27. The normalized spacial score (nSPS) is 13.9. The van der Waals surface area contributed by atoms with E-state index >= 15 is 0 Å². The zero-order valence-electron chi connectivity index (χ0n) is 18.3. The highest BCUT2D eigenvalue weighted by Crippen LogP contribution is 2.44. The van der Waals surface area contributed by atoms with E-state index in [0.717, 1.165) is 16.1 Å². The lowest BCUT2D eigenvalue weighted by molar-refractivity contribution is 0.0752. The van der Waals surface area contributed by atoms with Gasteiger partial charge in [-0.25, -0.2) is 4.98 Å². The number of carbonyl (C=O) groups excluding carboxylic acids is 1. The van der Waals surface area contributed by atoms with Crippen LogP contribution < -0.4 is 16.4 Å². The molecule has 172 valence electrons. The van der Waals surface area contributed by atoms with E-state index in [1.54, 1.807) is 0 Å². The third kappa shape index (κ3) is 3.74. The van der Waals surface area contributed by atoms with Gasteiger partial charge in [-0.3, -0.25) is 4.79 Å². The van der Waals surface area contributed by atoms with Gasteiger partial charge in [-0.2, -0.15) is 5.26 Å². The Morgan fingerprint density at radius 1 is 1.21 bits per heavy atom. The Hall–Kier alpha value is -3.32. The maximum Gasteiger partial charge on any atom is 0.266 e. The number of aryl methyl sites for hydroxylation is 1. The maximum atomic E-state index is 13.5. The van der Waals surface area contributed by atoms with Crippen molar-refractivity contribution in [2.75, 3.05) is 42.5 Å². The summed E-state index contributed by atoms with van der Waals surface area (Å²) in [6.45, 7) is 4.58. The Morgan fingerprint density at radius 3 is 2.65 bits per heavy atom. The predicted octanol–water partition coefficient (Wildman–Crippen LogP) is 4.99. The summed E-state index contributed by atoms with van der Waals surface area (Å²) in [5, 5.41) is 13.0. The smallest absolute Gasteiger partial charge is 0.266 e. The quantitative estimate of drug-likeness (QED) is 0.403. The van der Waals surface area contributed by atoms with E-state index in [1.165, 1.54) is 22.7 Å². The SMILES string of the molecule is Cc1ccc(Cl)cc1N1CCN(C(=O)c2sc3nc(N)c(C#N)c(-c4cccs4)c3c2N)CC1. The number of benzene rings is 1. The molecule has 1 saturated heterocycles. The summed E-state index contributed by atoms with van der Waals surface area (Å²) in [7, 11) is 0. The summed E-state index contributed by atoms with van der Waals surface area (Å²) >= 11 is 8.91. The first-order valence-corrected chi connectivity index (χ1v) is 12.7. The van der Waals surface area contributed by atoms with Gasteiger partial charge >= 0.3 is 0 Å². The number of pyridine rings is 1. The molecule has 5 rings (SSSR count). The molecule has 0 atom stereocenters. The zero-order valence-corrected chi connectivity index (χ0v) is 20.7. The molecule has 4 N–H and O–H groups in total. The molecule has 0 aliphatic carbocycles. The molecule has 0 saturated carbocycles. The van der Waals surface area contributed by atoms with Crippen molar-refractivity contribution in [3.05, 3.63) is 56.7 Å². The van der Waals surface area contributed by atoms with Gasteiger partial charge in [0, 0.05) is 52.7 Å². The number of thiophene rings is 2. The minimum Gasteiger partial charge on any atom is -0.397 e. The summed E-state index contributed by atoms with van der Waals surface area (Å²) in [6, 6.07) is 11.8. The second-order valence-corrected chi connectivity index (χ2v) is 10.5. The molecule has 1 amide bonds. The van der Waals surface area contributed by atoms with Crippen LogP contribution >= 0.6 is 34.3 Å². The first-order chi connectivity index (χ1) is 16.4. The van der Waals surface area contributed by atoms with Gasteiger partial charge in [-0.1, -0.05) is 23.7 Å². The number of rotatable bonds is 3. The van der Waals surface area contributed by atoms with E-state index in [0.29, 0.717) is 57.5 Å². The summed E-state index contributed by atoms with van der Waals surface area (Å²) in [5.41, 5.74) is 16.2. The van der Waals surface area contributed by atoms with E-state index in [-0.39, 0.29) is 17.3 Å². The molecule has 0 unspecified atom stereocenters. The minimum atomic E-state index is -0.128. The fourth-order valence-electron chi connectivity index (χ4n) is 4.33. The molecule has 34 heavy (non-hydrogen) atoms. The van der Waals surface area contributed by atoms with Crippen LogP contribution in [-0.4, -0.2) is 42.0 Å². The molecule has 3 aromatic heterocycles. The van der Waals surface area contributed by atoms with Crippen molar-refractivity contribution in [3.63, 3.8) is 0 Å². The number of nitrogens with two attached hydrogens (primary N) is 2. The monoisotopic (exact) mass is 508 g/mol. The first-order valence-electron chi connectivity index (χ1n) is 10.6. The highest BCUT2D eigenvalue weighted by Gasteiger charge is 2.29. The molecule has 1 aliphatic rings. The molecule has 0 bridgehead atoms. The number of hydrogen-bond donors (Lipinski definition) is 2. The van der Waals surface area contributed by atoms with Crippen LogP contribution in [-0.2, 0) is 0 Å². The van der Waals surface area contributed by atoms with Crippen LogP contribution in [0, 0.1) is 18.3 Å². The largest absolute Gasteiger partial charge is 0.397 e. The van der Waals surface area contributed by atoms with Gasteiger partial charge in [-0.05, 0) is 36.1 Å². The fraction of sp³-hybridized carbons (Fsp3) is 0.208. The Morgan fingerprint density at radius 2 is 1.97 bits per heavy atom. The van der Waals surface area contributed by atoms with Gasteiger partial charge < -0.3 is 21.3 Å². The fourth-order valence-corrected chi connectivity index (χ4v) is 6.36. The van der Waals surface area contributed by atoms with E-state index in [9.17, 15) is 10.1 Å². The molecule has 7 nitrogen and oxygen atoms in total. The van der Waals surface area contributed by atoms with Crippen LogP contribution in [0.25, 0.3) is 20.7 Å². The second kappa shape index (κ2) is 8.80. The predicted molar refractivity (Wildman–Crippen MR) is 141 cm³/mol. The highest BCUT2D eigenvalue weighted by molar-refractivity contribution is 7.21. The van der Waals surface area contributed by atoms with Gasteiger partial charge in [0.15, 0.2) is 0 Å². The molecular weight excluding hydrogens is 488 g/mol. The molecule has 4 aromatic rings. The molecule has 1 aromatic carbocycles. The van der Waals surface area contributed by atoms with Crippen LogP contribution in [0.4, 0.5) is 17.2 Å². The number of carbonyl (C=O) groups is 1. The van der Waals surface area contributed by atoms with Crippen molar-refractivity contribution in [2.24, 2.45) is 0 Å². The summed E-state index contributed by atoms with van der Waals surface area (Å²) in [4.78, 5) is 23.8. The van der Waals surface area contributed by atoms with Crippen LogP contribution in [0.5, 0.6) is 0 Å². The molecule has 0 spiro atoms. The molecular formula is C24H21ClN6OS2. The Kier molecular flexibility index (Phi) is 5.81. The Balaban J connectivity index is 1.47. The lowest BCUT2D eigenvalue weighted by atomic mass is 10.0. The van der Waals surface area contributed by atoms with Crippen molar-refractivity contribution >= 4 is 67.6 Å². The standard InChI is InChI=1S/C24H21ClN6OS2/c1-13-4-5-14(25)11-16(13)30-6-8-31(9-7-30)24(32)21-20(27)19-18(17-3-2-10-33-17)15(12-26)22(28)29-23(19)34-21/h2-5,10-11H,6-9,27H2,1H3,(H2,28,29). The van der Waals surface area contributed by atoms with Crippen LogP contribution in [0.1, 0.15) is 20.8 Å². The van der Waals surface area contributed by atoms with Gasteiger partial charge in [0.1, 0.15) is 27.2 Å². The number of amides is 1. The number of aromatic nitrogens is 1. The molecule has 1 aliphatic heterocycles. The number of nitriles is 1. The summed E-state index contributed by atoms with van der Waals surface area (Å²) in [6.07, 6.45) is 0. The van der Waals surface area contributed by atoms with E-state index in [2.05, 4.69) is 22.9 Å². The van der Waals surface area contributed by atoms with Crippen LogP contribution in [0.3, 0.4) is 0 Å². The Labute approximate surface area is 209 Å². The lowest BCUT2D eigenvalue weighted by Crippen LogP contribution is -2.49. The lowest BCUT2D eigenvalue weighted by Gasteiger charge is -2.36. The van der Waals surface area contributed by atoms with Crippen molar-refractivity contribution in [2.45, 2.75) is 6.92 Å². The number of halogens is 1. The summed E-state index contributed by atoms with van der Waals surface area (Å²) in [5.74, 6) is 0.0151. The van der Waals surface area contributed by atoms with E-state index < -0.39 is 0 Å². The average Bonchev–Trinajstić information content (AvgIpc) is 3.48. The number of nitrogens with zero attached hydrogens (tertiary/aromatic N) is 4. The van der Waals surface area contributed by atoms with Crippen molar-refractivity contribution in [1.29, 1.82) is 5.26 Å². The van der Waals surface area contributed by atoms with Crippen LogP contribution in [0.15, 0.2) is 35.7 Å². The van der Waals surface area contributed by atoms with Gasteiger partial charge in [0.25, 0.3) is 5.91 Å². The number of fused-ring (bicyclic) bond motifs is 1. The Bertz CT molecular complexity index is 1450. The van der Waals surface area contributed by atoms with Crippen molar-refractivity contribution in [1.82, 2.24) is 9.88 Å². The van der Waals surface area contributed by atoms with Crippen LogP contribution in [0.2, 0.25) is 5.02 Å². The maximum absolute atomic E-state index is 13.5. The summed E-state index contributed by atoms with van der Waals surface area (Å²) < 4.78 is 0. The minimum absolute atomic E-state index is 0.128. The van der Waals surface area contributed by atoms with E-state index in [1.807, 2.05) is 40.6 Å². The number of nitrogen functional groups attached to an aromatic ring is 2. The topological polar surface area (TPSA) is 112 Å². The van der Waals surface area contributed by atoms with Crippen molar-refractivity contribution < 1.29 is 4.79 Å². The highest BCUT2D eigenvalue weighted by atomic mass is 35.5. The first kappa shape index (κ1) is 22.5. The van der Waals surface area contributed by atoms with Crippen molar-refractivity contribution in [3.8, 4) is 16.5 Å². The third-order valence-electron chi connectivity index (χ3n) is 6.06. The number of hydrogen-bond acceptors (Lipinski definition) is 8. The van der Waals surface area contributed by atoms with Gasteiger partial charge in [-0.15, -0.1) is 22.7 Å². The van der Waals surface area contributed by atoms with Gasteiger partial charge in [0.05, 0.1) is 5.69 Å².